The van der Waals surface area contributed by atoms with Crippen LogP contribution in [0.15, 0.2) is 72.8 Å². The Hall–Kier alpha value is -1.41. The van der Waals surface area contributed by atoms with Gasteiger partial charge >= 0.3 is 0 Å². The lowest BCUT2D eigenvalue weighted by atomic mass is 9.37. The van der Waals surface area contributed by atoms with Gasteiger partial charge in [0, 0.05) is 15.1 Å². The highest BCUT2D eigenvalue weighted by Gasteiger charge is 2.22. The summed E-state index contributed by atoms with van der Waals surface area (Å²) in [6.45, 7) is 0.0381. The third kappa shape index (κ3) is 3.49. The standard InChI is InChI=1S/C18H12BCl3/c20-16-7-1-4-13(10-16)19(14-5-2-8-17(21)11-14)15-6-3-9-18(22)12-15/h1-12H. The highest BCUT2D eigenvalue weighted by Crippen LogP contribution is 2.10. The Balaban J connectivity index is 2.18. The second-order valence-corrected chi connectivity index (χ2v) is 6.41. The summed E-state index contributed by atoms with van der Waals surface area (Å²) in [5.41, 5.74) is 3.33. The van der Waals surface area contributed by atoms with Crippen LogP contribution < -0.4 is 16.4 Å². The quantitative estimate of drug-likeness (QED) is 0.625. The molecular weight excluding hydrogens is 333 g/mol. The third-order valence-corrected chi connectivity index (χ3v) is 4.25. The van der Waals surface area contributed by atoms with Gasteiger partial charge in [-0.05, 0) is 36.4 Å². The van der Waals surface area contributed by atoms with Crippen LogP contribution in [0.4, 0.5) is 0 Å². The Kier molecular flexibility index (Phi) is 4.78. The van der Waals surface area contributed by atoms with Crippen molar-refractivity contribution in [2.24, 2.45) is 0 Å². The first-order valence-corrected chi connectivity index (χ1v) is 8.03. The maximum atomic E-state index is 6.17. The zero-order chi connectivity index (χ0) is 15.5. The van der Waals surface area contributed by atoms with Gasteiger partial charge < -0.3 is 0 Å². The summed E-state index contributed by atoms with van der Waals surface area (Å²) in [5, 5.41) is 2.14. The van der Waals surface area contributed by atoms with Crippen LogP contribution in [0.25, 0.3) is 0 Å². The van der Waals surface area contributed by atoms with Crippen molar-refractivity contribution < 1.29 is 0 Å². The average molecular weight is 345 g/mol. The second-order valence-electron chi connectivity index (χ2n) is 5.10. The van der Waals surface area contributed by atoms with Crippen molar-refractivity contribution in [3.05, 3.63) is 87.9 Å². The van der Waals surface area contributed by atoms with Crippen LogP contribution in [-0.2, 0) is 0 Å². The first-order chi connectivity index (χ1) is 10.6. The van der Waals surface area contributed by atoms with Gasteiger partial charge in [0.15, 0.2) is 0 Å². The van der Waals surface area contributed by atoms with Gasteiger partial charge in [0.25, 0.3) is 0 Å². The molecule has 22 heavy (non-hydrogen) atoms. The Labute approximate surface area is 145 Å². The highest BCUT2D eigenvalue weighted by molar-refractivity contribution is 6.95. The molecule has 0 atom stereocenters. The normalized spacial score (nSPS) is 10.5. The van der Waals surface area contributed by atoms with E-state index in [9.17, 15) is 0 Å². The summed E-state index contributed by atoms with van der Waals surface area (Å²) >= 11 is 18.5. The second kappa shape index (κ2) is 6.79. The fourth-order valence-electron chi connectivity index (χ4n) is 2.64. The molecule has 0 bridgehead atoms. The molecule has 0 saturated carbocycles. The van der Waals surface area contributed by atoms with Gasteiger partial charge in [0.2, 0.25) is 6.71 Å². The predicted octanol–water partition coefficient (Wildman–Crippen LogP) is 4.16. The van der Waals surface area contributed by atoms with Gasteiger partial charge in [-0.25, -0.2) is 0 Å². The Morgan fingerprint density at radius 2 is 0.818 bits per heavy atom. The number of hydrogen-bond donors (Lipinski definition) is 0. The maximum Gasteiger partial charge on any atom is 0.241 e. The molecule has 0 saturated heterocycles. The molecule has 0 nitrogen and oxygen atoms in total. The van der Waals surface area contributed by atoms with E-state index in [0.29, 0.717) is 15.1 Å². The lowest BCUT2D eigenvalue weighted by Gasteiger charge is -2.16. The molecule has 0 heterocycles. The SMILES string of the molecule is Clc1cccc(B(c2cccc(Cl)c2)c2cccc(Cl)c2)c1. The van der Waals surface area contributed by atoms with Gasteiger partial charge in [0.05, 0.1) is 0 Å². The van der Waals surface area contributed by atoms with Crippen molar-refractivity contribution in [2.45, 2.75) is 0 Å². The largest absolute Gasteiger partial charge is 0.241 e. The molecule has 0 unspecified atom stereocenters. The van der Waals surface area contributed by atoms with Crippen molar-refractivity contribution in [3.8, 4) is 0 Å². The molecule has 3 rings (SSSR count). The minimum atomic E-state index is 0.0381. The molecule has 3 aromatic carbocycles. The Bertz CT molecular complexity index is 693. The van der Waals surface area contributed by atoms with Gasteiger partial charge in [-0.2, -0.15) is 0 Å². The van der Waals surface area contributed by atoms with Gasteiger partial charge in [0.1, 0.15) is 0 Å². The van der Waals surface area contributed by atoms with E-state index >= 15 is 0 Å². The zero-order valence-corrected chi connectivity index (χ0v) is 13.9. The smallest absolute Gasteiger partial charge is 0.0844 e. The van der Waals surface area contributed by atoms with Crippen molar-refractivity contribution >= 4 is 57.9 Å². The van der Waals surface area contributed by atoms with Crippen LogP contribution in [0.5, 0.6) is 0 Å². The van der Waals surface area contributed by atoms with Gasteiger partial charge in [-0.15, -0.1) is 0 Å². The molecule has 0 spiro atoms. The van der Waals surface area contributed by atoms with E-state index in [0.717, 1.165) is 16.4 Å². The van der Waals surface area contributed by atoms with Crippen LogP contribution in [-0.4, -0.2) is 6.71 Å². The monoisotopic (exact) mass is 344 g/mol. The van der Waals surface area contributed by atoms with Crippen LogP contribution in [0.1, 0.15) is 0 Å². The van der Waals surface area contributed by atoms with Crippen molar-refractivity contribution in [1.29, 1.82) is 0 Å². The van der Waals surface area contributed by atoms with E-state index in [2.05, 4.69) is 18.2 Å². The molecule has 0 amide bonds. The van der Waals surface area contributed by atoms with Crippen molar-refractivity contribution in [1.82, 2.24) is 0 Å². The lowest BCUT2D eigenvalue weighted by molar-refractivity contribution is 1.71. The molecule has 0 aliphatic heterocycles. The van der Waals surface area contributed by atoms with E-state index < -0.39 is 0 Å². The number of rotatable bonds is 3. The van der Waals surface area contributed by atoms with E-state index in [4.69, 9.17) is 34.8 Å². The molecule has 3 aromatic rings. The number of benzene rings is 3. The fraction of sp³-hybridized carbons (Fsp3) is 0. The third-order valence-electron chi connectivity index (χ3n) is 3.55. The molecule has 0 aliphatic rings. The van der Waals surface area contributed by atoms with E-state index in [1.54, 1.807) is 0 Å². The average Bonchev–Trinajstić information content (AvgIpc) is 2.48. The Morgan fingerprint density at radius 1 is 0.500 bits per heavy atom. The first kappa shape index (κ1) is 15.5. The topological polar surface area (TPSA) is 0 Å². The number of hydrogen-bond acceptors (Lipinski definition) is 0. The van der Waals surface area contributed by atoms with E-state index in [-0.39, 0.29) is 6.71 Å². The van der Waals surface area contributed by atoms with Crippen LogP contribution in [0, 0.1) is 0 Å². The van der Waals surface area contributed by atoms with Crippen molar-refractivity contribution in [2.75, 3.05) is 0 Å². The predicted molar refractivity (Wildman–Crippen MR) is 99.0 cm³/mol. The highest BCUT2D eigenvalue weighted by atomic mass is 35.5. The van der Waals surface area contributed by atoms with Gasteiger partial charge in [-0.3, -0.25) is 0 Å². The minimum Gasteiger partial charge on any atom is -0.0844 e. The molecular formula is C18H12BCl3. The summed E-state index contributed by atoms with van der Waals surface area (Å²) in [7, 11) is 0. The molecule has 0 N–H and O–H groups in total. The Morgan fingerprint density at radius 3 is 1.09 bits per heavy atom. The molecule has 0 aromatic heterocycles. The molecule has 0 aliphatic carbocycles. The molecule has 0 fully saturated rings. The maximum absolute atomic E-state index is 6.17. The summed E-state index contributed by atoms with van der Waals surface area (Å²) in [5.74, 6) is 0. The molecule has 108 valence electrons. The summed E-state index contributed by atoms with van der Waals surface area (Å²) in [6, 6.07) is 23.6. The first-order valence-electron chi connectivity index (χ1n) is 6.90. The molecule has 0 radical (unpaired) electrons. The summed E-state index contributed by atoms with van der Waals surface area (Å²) in [4.78, 5) is 0. The minimum absolute atomic E-state index is 0.0381. The van der Waals surface area contributed by atoms with Crippen LogP contribution in [0.3, 0.4) is 0 Å². The number of halogens is 3. The lowest BCUT2D eigenvalue weighted by Crippen LogP contribution is -2.52. The van der Waals surface area contributed by atoms with E-state index in [1.165, 1.54) is 0 Å². The summed E-state index contributed by atoms with van der Waals surface area (Å²) in [6.07, 6.45) is 0. The fourth-order valence-corrected chi connectivity index (χ4v) is 3.23. The molecule has 4 heteroatoms. The van der Waals surface area contributed by atoms with Crippen LogP contribution in [0.2, 0.25) is 15.1 Å². The van der Waals surface area contributed by atoms with Gasteiger partial charge in [-0.1, -0.05) is 87.6 Å². The van der Waals surface area contributed by atoms with E-state index in [1.807, 2.05) is 54.6 Å². The van der Waals surface area contributed by atoms with Crippen LogP contribution >= 0.6 is 34.8 Å². The zero-order valence-electron chi connectivity index (χ0n) is 11.6. The summed E-state index contributed by atoms with van der Waals surface area (Å²) < 4.78 is 0. The van der Waals surface area contributed by atoms with Crippen molar-refractivity contribution in [3.63, 3.8) is 0 Å².